The molecule has 0 spiro atoms. The van der Waals surface area contributed by atoms with Crippen LogP contribution in [0.3, 0.4) is 0 Å². The van der Waals surface area contributed by atoms with E-state index in [1.54, 1.807) is 7.11 Å². The molecule has 0 amide bonds. The van der Waals surface area contributed by atoms with E-state index in [9.17, 15) is 0 Å². The van der Waals surface area contributed by atoms with Crippen LogP contribution in [0.25, 0.3) is 0 Å². The minimum atomic E-state index is 0.704. The summed E-state index contributed by atoms with van der Waals surface area (Å²) in [5, 5.41) is 0. The van der Waals surface area contributed by atoms with Crippen LogP contribution in [0, 0.1) is 13.8 Å². The van der Waals surface area contributed by atoms with Gasteiger partial charge in [0.05, 0.1) is 7.11 Å². The maximum Gasteiger partial charge on any atom is 0.119 e. The zero-order chi connectivity index (χ0) is 8.43. The van der Waals surface area contributed by atoms with E-state index in [0.29, 0.717) is 5.46 Å². The molecule has 0 aliphatic heterocycles. The fourth-order valence-corrected chi connectivity index (χ4v) is 0.989. The van der Waals surface area contributed by atoms with E-state index in [1.807, 2.05) is 26.0 Å². The predicted octanol–water partition coefficient (Wildman–Crippen LogP) is 1.11. The molecule has 0 fully saturated rings. The van der Waals surface area contributed by atoms with Crippen LogP contribution in [0.2, 0.25) is 0 Å². The van der Waals surface area contributed by atoms with Crippen LogP contribution in [-0.4, -0.2) is 15.0 Å². The fourth-order valence-electron chi connectivity index (χ4n) is 0.989. The zero-order valence-corrected chi connectivity index (χ0v) is 7.14. The minimum absolute atomic E-state index is 0.704. The molecule has 0 saturated heterocycles. The monoisotopic (exact) mass is 146 g/mol. The first-order chi connectivity index (χ1) is 5.15. The van der Waals surface area contributed by atoms with Gasteiger partial charge in [-0.2, -0.15) is 0 Å². The summed E-state index contributed by atoms with van der Waals surface area (Å²) in [5.74, 6) is 0.758. The summed E-state index contributed by atoms with van der Waals surface area (Å²) < 4.78 is 5.06. The summed E-state index contributed by atoms with van der Waals surface area (Å²) in [7, 11) is 7.30. The third-order valence-corrected chi connectivity index (χ3v) is 1.85. The molecule has 0 bridgehead atoms. The number of hydrogen-bond donors (Lipinski definition) is 0. The van der Waals surface area contributed by atoms with E-state index in [-0.39, 0.29) is 0 Å². The normalized spacial score (nSPS) is 9.73. The van der Waals surface area contributed by atoms with Crippen LogP contribution in [0.15, 0.2) is 12.1 Å². The molecule has 0 aromatic heterocycles. The molecule has 0 aliphatic rings. The van der Waals surface area contributed by atoms with Gasteiger partial charge in [-0.25, -0.2) is 0 Å². The molecule has 1 aromatic rings. The number of methoxy groups -OCH3 is 1. The van der Waals surface area contributed by atoms with E-state index in [4.69, 9.17) is 12.6 Å². The first-order valence-electron chi connectivity index (χ1n) is 3.56. The van der Waals surface area contributed by atoms with Gasteiger partial charge in [-0.05, 0) is 31.0 Å². The number of aryl methyl sites for hydroxylation is 2. The Bertz CT molecular complexity index is 269. The lowest BCUT2D eigenvalue weighted by molar-refractivity contribution is 0.418. The van der Waals surface area contributed by atoms with Crippen LogP contribution < -0.4 is 10.2 Å². The number of benzene rings is 1. The molecule has 56 valence electrons. The smallest absolute Gasteiger partial charge is 0.119 e. The molecule has 0 N–H and O–H groups in total. The summed E-state index contributed by atoms with van der Waals surface area (Å²) in [6.07, 6.45) is 0. The van der Waals surface area contributed by atoms with Gasteiger partial charge < -0.3 is 4.74 Å². The summed E-state index contributed by atoms with van der Waals surface area (Å²) in [6.45, 7) is 4.07. The van der Waals surface area contributed by atoms with Gasteiger partial charge in [-0.3, -0.25) is 0 Å². The second kappa shape index (κ2) is 2.99. The summed E-state index contributed by atoms with van der Waals surface area (Å²) >= 11 is 0. The molecular formula is C9H11BO. The predicted molar refractivity (Wildman–Crippen MR) is 47.9 cm³/mol. The van der Waals surface area contributed by atoms with Crippen molar-refractivity contribution in [2.45, 2.75) is 13.8 Å². The molecule has 1 nitrogen and oxygen atoms in total. The summed E-state index contributed by atoms with van der Waals surface area (Å²) in [5.41, 5.74) is 3.11. The van der Waals surface area contributed by atoms with E-state index in [0.717, 1.165) is 5.75 Å². The minimum Gasteiger partial charge on any atom is -0.497 e. The van der Waals surface area contributed by atoms with E-state index in [1.165, 1.54) is 11.1 Å². The lowest BCUT2D eigenvalue weighted by Crippen LogP contribution is -2.08. The van der Waals surface area contributed by atoms with Crippen molar-refractivity contribution in [3.05, 3.63) is 23.3 Å². The van der Waals surface area contributed by atoms with Gasteiger partial charge in [0.15, 0.2) is 0 Å². The van der Waals surface area contributed by atoms with E-state index >= 15 is 0 Å². The van der Waals surface area contributed by atoms with Crippen molar-refractivity contribution in [3.63, 3.8) is 0 Å². The van der Waals surface area contributed by atoms with Gasteiger partial charge in [-0.1, -0.05) is 11.5 Å². The second-order valence-corrected chi connectivity index (χ2v) is 2.68. The van der Waals surface area contributed by atoms with Gasteiger partial charge >= 0.3 is 0 Å². The number of rotatable bonds is 1. The Morgan fingerprint density at radius 1 is 1.18 bits per heavy atom. The van der Waals surface area contributed by atoms with Gasteiger partial charge in [-0.15, -0.1) is 0 Å². The quantitative estimate of drug-likeness (QED) is 0.539. The van der Waals surface area contributed by atoms with Crippen molar-refractivity contribution in [1.82, 2.24) is 0 Å². The third-order valence-electron chi connectivity index (χ3n) is 1.85. The average Bonchev–Trinajstić information content (AvgIpc) is 1.97. The van der Waals surface area contributed by atoms with Gasteiger partial charge in [0, 0.05) is 0 Å². The van der Waals surface area contributed by atoms with Crippen molar-refractivity contribution < 1.29 is 4.74 Å². The average molecular weight is 146 g/mol. The second-order valence-electron chi connectivity index (χ2n) is 2.68. The maximum atomic E-state index is 5.68. The molecule has 1 rings (SSSR count). The highest BCUT2D eigenvalue weighted by Crippen LogP contribution is 2.12. The molecule has 0 heterocycles. The highest BCUT2D eigenvalue weighted by Gasteiger charge is 1.99. The van der Waals surface area contributed by atoms with Crippen molar-refractivity contribution >= 4 is 13.3 Å². The highest BCUT2D eigenvalue weighted by atomic mass is 16.5. The Morgan fingerprint density at radius 3 is 2.27 bits per heavy atom. The molecule has 0 aliphatic carbocycles. The Labute approximate surface area is 68.8 Å². The van der Waals surface area contributed by atoms with Crippen LogP contribution in [0.1, 0.15) is 11.1 Å². The molecule has 0 saturated carbocycles. The lowest BCUT2D eigenvalue weighted by Gasteiger charge is -2.07. The Kier molecular flexibility index (Phi) is 2.23. The molecule has 0 atom stereocenters. The standard InChI is InChI=1S/C9H11BO/c1-6-4-8(10)9(11-3)5-7(6)2/h4-5H,1-3H3. The SMILES string of the molecule is [B]c1cc(C)c(C)cc1OC. The van der Waals surface area contributed by atoms with Crippen molar-refractivity contribution in [1.29, 1.82) is 0 Å². The molecule has 2 heteroatoms. The Hall–Kier alpha value is -0.915. The topological polar surface area (TPSA) is 9.23 Å². The van der Waals surface area contributed by atoms with Crippen molar-refractivity contribution in [2.75, 3.05) is 7.11 Å². The van der Waals surface area contributed by atoms with E-state index < -0.39 is 0 Å². The molecule has 1 aromatic carbocycles. The summed E-state index contributed by atoms with van der Waals surface area (Å²) in [6, 6.07) is 3.87. The first-order valence-corrected chi connectivity index (χ1v) is 3.56. The van der Waals surface area contributed by atoms with Gasteiger partial charge in [0.1, 0.15) is 13.6 Å². The van der Waals surface area contributed by atoms with Gasteiger partial charge in [0.2, 0.25) is 0 Å². The van der Waals surface area contributed by atoms with Crippen LogP contribution >= 0.6 is 0 Å². The largest absolute Gasteiger partial charge is 0.497 e. The van der Waals surface area contributed by atoms with Crippen LogP contribution in [0.4, 0.5) is 0 Å². The maximum absolute atomic E-state index is 5.68. The molecule has 0 unspecified atom stereocenters. The fraction of sp³-hybridized carbons (Fsp3) is 0.333. The Morgan fingerprint density at radius 2 is 1.73 bits per heavy atom. The highest BCUT2D eigenvalue weighted by molar-refractivity contribution is 6.34. The zero-order valence-electron chi connectivity index (χ0n) is 7.14. The van der Waals surface area contributed by atoms with E-state index in [2.05, 4.69) is 0 Å². The lowest BCUT2D eigenvalue weighted by atomic mass is 9.91. The molecule has 11 heavy (non-hydrogen) atoms. The van der Waals surface area contributed by atoms with Crippen molar-refractivity contribution in [3.8, 4) is 5.75 Å². The van der Waals surface area contributed by atoms with Crippen molar-refractivity contribution in [2.24, 2.45) is 0 Å². The number of hydrogen-bond acceptors (Lipinski definition) is 1. The number of ether oxygens (including phenoxy) is 1. The van der Waals surface area contributed by atoms with Crippen LogP contribution in [-0.2, 0) is 0 Å². The van der Waals surface area contributed by atoms with Gasteiger partial charge in [0.25, 0.3) is 0 Å². The molecular weight excluding hydrogens is 135 g/mol. The Balaban J connectivity index is 3.21. The molecule has 2 radical (unpaired) electrons. The summed E-state index contributed by atoms with van der Waals surface area (Å²) in [4.78, 5) is 0. The van der Waals surface area contributed by atoms with Crippen LogP contribution in [0.5, 0.6) is 5.75 Å². The first kappa shape index (κ1) is 8.18. The third kappa shape index (κ3) is 1.56.